The fourth-order valence-corrected chi connectivity index (χ4v) is 2.71. The lowest BCUT2D eigenvalue weighted by molar-refractivity contribution is 0.261. The van der Waals surface area contributed by atoms with Gasteiger partial charge in [-0.25, -0.2) is 0 Å². The van der Waals surface area contributed by atoms with Crippen molar-refractivity contribution >= 4 is 11.0 Å². The maximum atomic E-state index is 5.70. The number of benzene rings is 1. The van der Waals surface area contributed by atoms with Crippen molar-refractivity contribution in [2.24, 2.45) is 5.92 Å². The van der Waals surface area contributed by atoms with Crippen LogP contribution in [0.25, 0.3) is 11.0 Å². The highest BCUT2D eigenvalue weighted by Gasteiger charge is 2.12. The average Bonchev–Trinajstić information content (AvgIpc) is 2.87. The number of piperidine rings is 1. The standard InChI is InChI=1S/C15H21N3O/c1-2-6-14-13(5-1)17-15(18-14)19-11-3-4-12-7-9-16-10-8-12/h1-2,5-6,12,16H,3-4,7-11H2,(H,17,18). The van der Waals surface area contributed by atoms with Gasteiger partial charge in [-0.2, -0.15) is 4.98 Å². The Balaban J connectivity index is 1.44. The third kappa shape index (κ3) is 3.26. The van der Waals surface area contributed by atoms with E-state index in [0.29, 0.717) is 6.01 Å². The number of H-pyrrole nitrogens is 1. The molecule has 1 aliphatic rings. The quantitative estimate of drug-likeness (QED) is 0.812. The summed E-state index contributed by atoms with van der Waals surface area (Å²) in [5.74, 6) is 0.875. The van der Waals surface area contributed by atoms with Crippen molar-refractivity contribution in [1.82, 2.24) is 15.3 Å². The first-order valence-corrected chi connectivity index (χ1v) is 7.20. The van der Waals surface area contributed by atoms with E-state index in [1.165, 1.54) is 32.4 Å². The summed E-state index contributed by atoms with van der Waals surface area (Å²) in [4.78, 5) is 7.60. The van der Waals surface area contributed by atoms with E-state index in [1.807, 2.05) is 24.3 Å². The predicted molar refractivity (Wildman–Crippen MR) is 76.4 cm³/mol. The predicted octanol–water partition coefficient (Wildman–Crippen LogP) is 2.72. The molecule has 4 nitrogen and oxygen atoms in total. The van der Waals surface area contributed by atoms with Crippen LogP contribution in [0.3, 0.4) is 0 Å². The third-order valence-corrected chi connectivity index (χ3v) is 3.82. The number of nitrogens with zero attached hydrogens (tertiary/aromatic N) is 1. The molecule has 1 saturated heterocycles. The van der Waals surface area contributed by atoms with Gasteiger partial charge in [0, 0.05) is 0 Å². The normalized spacial score (nSPS) is 16.8. The van der Waals surface area contributed by atoms with Crippen LogP contribution >= 0.6 is 0 Å². The van der Waals surface area contributed by atoms with E-state index in [1.54, 1.807) is 0 Å². The van der Waals surface area contributed by atoms with E-state index in [4.69, 9.17) is 4.74 Å². The fourth-order valence-electron chi connectivity index (χ4n) is 2.71. The average molecular weight is 259 g/mol. The molecule has 2 aromatic rings. The lowest BCUT2D eigenvalue weighted by atomic mass is 9.93. The van der Waals surface area contributed by atoms with Gasteiger partial charge in [0.2, 0.25) is 0 Å². The molecule has 0 radical (unpaired) electrons. The molecule has 2 heterocycles. The number of hydrogen-bond acceptors (Lipinski definition) is 3. The number of aromatic amines is 1. The summed E-state index contributed by atoms with van der Waals surface area (Å²) >= 11 is 0. The minimum Gasteiger partial charge on any atom is -0.465 e. The Kier molecular flexibility index (Phi) is 3.98. The number of hydrogen-bond donors (Lipinski definition) is 2. The molecule has 0 spiro atoms. The number of aromatic nitrogens is 2. The second kappa shape index (κ2) is 6.06. The molecule has 102 valence electrons. The van der Waals surface area contributed by atoms with Crippen molar-refractivity contribution in [3.8, 4) is 6.01 Å². The van der Waals surface area contributed by atoms with Gasteiger partial charge < -0.3 is 15.0 Å². The van der Waals surface area contributed by atoms with Crippen LogP contribution < -0.4 is 10.1 Å². The van der Waals surface area contributed by atoms with Crippen LogP contribution in [0.1, 0.15) is 25.7 Å². The summed E-state index contributed by atoms with van der Waals surface area (Å²) in [6, 6.07) is 8.65. The van der Waals surface area contributed by atoms with Crippen LogP contribution in [0, 0.1) is 5.92 Å². The number of para-hydroxylation sites is 2. The molecule has 1 fully saturated rings. The Hall–Kier alpha value is -1.55. The second-order valence-corrected chi connectivity index (χ2v) is 5.24. The Labute approximate surface area is 113 Å². The van der Waals surface area contributed by atoms with Crippen molar-refractivity contribution in [3.05, 3.63) is 24.3 Å². The highest BCUT2D eigenvalue weighted by molar-refractivity contribution is 5.75. The number of imidazole rings is 1. The molecule has 1 aromatic carbocycles. The van der Waals surface area contributed by atoms with Crippen molar-refractivity contribution in [2.75, 3.05) is 19.7 Å². The van der Waals surface area contributed by atoms with Crippen LogP contribution in [0.15, 0.2) is 24.3 Å². The van der Waals surface area contributed by atoms with E-state index in [0.717, 1.165) is 30.0 Å². The van der Waals surface area contributed by atoms with Crippen molar-refractivity contribution < 1.29 is 4.74 Å². The summed E-state index contributed by atoms with van der Waals surface area (Å²) in [5, 5.41) is 3.40. The van der Waals surface area contributed by atoms with E-state index in [9.17, 15) is 0 Å². The molecule has 0 aliphatic carbocycles. The Morgan fingerprint density at radius 3 is 2.89 bits per heavy atom. The molecule has 0 atom stereocenters. The van der Waals surface area contributed by atoms with Crippen molar-refractivity contribution in [3.63, 3.8) is 0 Å². The molecule has 2 N–H and O–H groups in total. The van der Waals surface area contributed by atoms with Gasteiger partial charge in [-0.05, 0) is 56.8 Å². The highest BCUT2D eigenvalue weighted by atomic mass is 16.5. The van der Waals surface area contributed by atoms with E-state index in [-0.39, 0.29) is 0 Å². The fraction of sp³-hybridized carbons (Fsp3) is 0.533. The minimum atomic E-state index is 0.645. The van der Waals surface area contributed by atoms with E-state index >= 15 is 0 Å². The molecule has 3 rings (SSSR count). The van der Waals surface area contributed by atoms with Crippen LogP contribution in [-0.4, -0.2) is 29.7 Å². The number of ether oxygens (including phenoxy) is 1. The molecular formula is C15H21N3O. The Morgan fingerprint density at radius 2 is 2.05 bits per heavy atom. The largest absolute Gasteiger partial charge is 0.465 e. The van der Waals surface area contributed by atoms with Gasteiger partial charge in [0.15, 0.2) is 0 Å². The summed E-state index contributed by atoms with van der Waals surface area (Å²) in [7, 11) is 0. The summed E-state index contributed by atoms with van der Waals surface area (Å²) in [6.07, 6.45) is 5.00. The van der Waals surface area contributed by atoms with Gasteiger partial charge in [-0.3, -0.25) is 0 Å². The summed E-state index contributed by atoms with van der Waals surface area (Å²) < 4.78 is 5.70. The van der Waals surface area contributed by atoms with Crippen LogP contribution in [0.5, 0.6) is 6.01 Å². The minimum absolute atomic E-state index is 0.645. The summed E-state index contributed by atoms with van der Waals surface area (Å²) in [5.41, 5.74) is 2.01. The van der Waals surface area contributed by atoms with Crippen molar-refractivity contribution in [2.45, 2.75) is 25.7 Å². The van der Waals surface area contributed by atoms with Gasteiger partial charge in [0.05, 0.1) is 17.6 Å². The lowest BCUT2D eigenvalue weighted by Gasteiger charge is -2.22. The second-order valence-electron chi connectivity index (χ2n) is 5.24. The number of rotatable bonds is 5. The maximum Gasteiger partial charge on any atom is 0.294 e. The number of nitrogens with one attached hydrogen (secondary N) is 2. The van der Waals surface area contributed by atoms with E-state index in [2.05, 4.69) is 15.3 Å². The lowest BCUT2D eigenvalue weighted by Crippen LogP contribution is -2.27. The topological polar surface area (TPSA) is 49.9 Å². The molecule has 4 heteroatoms. The zero-order valence-electron chi connectivity index (χ0n) is 11.2. The van der Waals surface area contributed by atoms with Gasteiger partial charge in [0.1, 0.15) is 0 Å². The SMILES string of the molecule is c1ccc2[nH]c(OCCCC3CCNCC3)nc2c1. The Morgan fingerprint density at radius 1 is 1.21 bits per heavy atom. The first kappa shape index (κ1) is 12.5. The van der Waals surface area contributed by atoms with Gasteiger partial charge in [0.25, 0.3) is 6.01 Å². The molecule has 1 aliphatic heterocycles. The van der Waals surface area contributed by atoms with Gasteiger partial charge in [-0.15, -0.1) is 0 Å². The molecule has 1 aromatic heterocycles. The van der Waals surface area contributed by atoms with E-state index < -0.39 is 0 Å². The molecule has 19 heavy (non-hydrogen) atoms. The third-order valence-electron chi connectivity index (χ3n) is 3.82. The smallest absolute Gasteiger partial charge is 0.294 e. The maximum absolute atomic E-state index is 5.70. The monoisotopic (exact) mass is 259 g/mol. The number of fused-ring (bicyclic) bond motifs is 1. The molecule has 0 unspecified atom stereocenters. The molecule has 0 bridgehead atoms. The van der Waals surface area contributed by atoms with Crippen LogP contribution in [0.4, 0.5) is 0 Å². The van der Waals surface area contributed by atoms with Crippen LogP contribution in [0.2, 0.25) is 0 Å². The van der Waals surface area contributed by atoms with Crippen LogP contribution in [-0.2, 0) is 0 Å². The molecule has 0 amide bonds. The van der Waals surface area contributed by atoms with Gasteiger partial charge in [-0.1, -0.05) is 12.1 Å². The first-order chi connectivity index (χ1) is 9.42. The first-order valence-electron chi connectivity index (χ1n) is 7.20. The zero-order chi connectivity index (χ0) is 12.9. The molecule has 0 saturated carbocycles. The Bertz CT molecular complexity index is 484. The highest BCUT2D eigenvalue weighted by Crippen LogP contribution is 2.19. The summed E-state index contributed by atoms with van der Waals surface area (Å²) in [6.45, 7) is 3.11. The van der Waals surface area contributed by atoms with Crippen molar-refractivity contribution in [1.29, 1.82) is 0 Å². The zero-order valence-corrected chi connectivity index (χ0v) is 11.2. The van der Waals surface area contributed by atoms with Gasteiger partial charge >= 0.3 is 0 Å². The molecular weight excluding hydrogens is 238 g/mol.